The molecular weight excluding hydrogens is 434 g/mol. The molecule has 1 amide bonds. The number of anilines is 2. The SMILES string of the molecule is CC(=O)c1ccc(S(=O)(=O)Nc2ccc(C(=O)Nc3nc4c(s3)CCCC4)cc2)cc1. The van der Waals surface area contributed by atoms with E-state index < -0.39 is 10.0 Å². The number of nitrogens with zero attached hydrogens (tertiary/aromatic N) is 1. The lowest BCUT2D eigenvalue weighted by Crippen LogP contribution is -2.14. The van der Waals surface area contributed by atoms with Crippen molar-refractivity contribution in [2.75, 3.05) is 10.0 Å². The molecule has 4 rings (SSSR count). The van der Waals surface area contributed by atoms with Crippen LogP contribution in [0.15, 0.2) is 53.4 Å². The standard InChI is InChI=1S/C22H21N3O4S2/c1-14(26)15-8-12-18(13-9-15)31(28,29)25-17-10-6-16(7-11-17)21(27)24-22-23-19-4-2-3-5-20(19)30-22/h6-13,25H,2-5H2,1H3,(H,23,24,27). The molecule has 0 unspecified atom stereocenters. The maximum absolute atomic E-state index is 12.6. The molecule has 1 aliphatic rings. The number of aryl methyl sites for hydroxylation is 2. The fourth-order valence-corrected chi connectivity index (χ4v) is 5.45. The Morgan fingerprint density at radius 1 is 0.935 bits per heavy atom. The molecule has 0 fully saturated rings. The van der Waals surface area contributed by atoms with E-state index in [0.29, 0.717) is 21.9 Å². The Labute approximate surface area is 184 Å². The molecule has 1 aromatic heterocycles. The summed E-state index contributed by atoms with van der Waals surface area (Å²) in [5.41, 5.74) is 2.25. The fraction of sp³-hybridized carbons (Fsp3) is 0.227. The highest BCUT2D eigenvalue weighted by Crippen LogP contribution is 2.29. The fourth-order valence-electron chi connectivity index (χ4n) is 3.35. The van der Waals surface area contributed by atoms with Crippen LogP contribution in [0.4, 0.5) is 10.8 Å². The van der Waals surface area contributed by atoms with Crippen molar-refractivity contribution in [3.05, 3.63) is 70.2 Å². The van der Waals surface area contributed by atoms with Crippen LogP contribution in [0.2, 0.25) is 0 Å². The van der Waals surface area contributed by atoms with E-state index in [1.54, 1.807) is 12.1 Å². The summed E-state index contributed by atoms with van der Waals surface area (Å²) in [5.74, 6) is -0.427. The maximum atomic E-state index is 12.6. The third kappa shape index (κ3) is 4.83. The molecule has 0 radical (unpaired) electrons. The predicted octanol–water partition coefficient (Wildman–Crippen LogP) is 4.28. The van der Waals surface area contributed by atoms with Crippen molar-refractivity contribution >= 4 is 43.9 Å². The molecule has 2 N–H and O–H groups in total. The summed E-state index contributed by atoms with van der Waals surface area (Å²) in [4.78, 5) is 29.7. The van der Waals surface area contributed by atoms with Crippen LogP contribution in [-0.4, -0.2) is 25.1 Å². The summed E-state index contributed by atoms with van der Waals surface area (Å²) >= 11 is 1.51. The van der Waals surface area contributed by atoms with Crippen LogP contribution >= 0.6 is 11.3 Å². The predicted molar refractivity (Wildman–Crippen MR) is 120 cm³/mol. The molecule has 3 aromatic rings. The lowest BCUT2D eigenvalue weighted by molar-refractivity contribution is 0.101. The second-order valence-electron chi connectivity index (χ2n) is 7.31. The minimum absolute atomic E-state index is 0.0482. The summed E-state index contributed by atoms with van der Waals surface area (Å²) in [6.45, 7) is 1.42. The molecule has 9 heteroatoms. The van der Waals surface area contributed by atoms with Crippen LogP contribution in [0.3, 0.4) is 0 Å². The van der Waals surface area contributed by atoms with Gasteiger partial charge in [0.15, 0.2) is 10.9 Å². The highest BCUT2D eigenvalue weighted by Gasteiger charge is 2.18. The van der Waals surface area contributed by atoms with Gasteiger partial charge in [-0.1, -0.05) is 12.1 Å². The lowest BCUT2D eigenvalue weighted by Gasteiger charge is -2.09. The van der Waals surface area contributed by atoms with Crippen LogP contribution in [-0.2, 0) is 22.9 Å². The Hall–Kier alpha value is -3.04. The van der Waals surface area contributed by atoms with Gasteiger partial charge < -0.3 is 0 Å². The summed E-state index contributed by atoms with van der Waals surface area (Å²) in [6, 6.07) is 11.9. The van der Waals surface area contributed by atoms with Gasteiger partial charge in [-0.3, -0.25) is 19.6 Å². The summed E-state index contributed by atoms with van der Waals surface area (Å²) < 4.78 is 27.6. The van der Waals surface area contributed by atoms with E-state index in [4.69, 9.17) is 0 Å². The molecule has 31 heavy (non-hydrogen) atoms. The quantitative estimate of drug-likeness (QED) is 0.540. The number of benzene rings is 2. The Morgan fingerprint density at radius 2 is 1.58 bits per heavy atom. The van der Waals surface area contributed by atoms with Gasteiger partial charge in [-0.25, -0.2) is 13.4 Å². The van der Waals surface area contributed by atoms with Gasteiger partial charge in [0.2, 0.25) is 0 Å². The number of hydrogen-bond donors (Lipinski definition) is 2. The van der Waals surface area contributed by atoms with E-state index in [0.717, 1.165) is 31.4 Å². The van der Waals surface area contributed by atoms with Crippen LogP contribution in [0.25, 0.3) is 0 Å². The average molecular weight is 456 g/mol. The first kappa shape index (κ1) is 21.2. The topological polar surface area (TPSA) is 105 Å². The molecule has 0 aliphatic heterocycles. The van der Waals surface area contributed by atoms with Crippen LogP contribution in [0, 0.1) is 0 Å². The third-order valence-electron chi connectivity index (χ3n) is 5.04. The van der Waals surface area contributed by atoms with Crippen molar-refractivity contribution in [2.24, 2.45) is 0 Å². The van der Waals surface area contributed by atoms with Gasteiger partial charge in [0.25, 0.3) is 15.9 Å². The summed E-state index contributed by atoms with van der Waals surface area (Å²) in [6.07, 6.45) is 4.24. The van der Waals surface area contributed by atoms with E-state index in [2.05, 4.69) is 15.0 Å². The second-order valence-corrected chi connectivity index (χ2v) is 10.1. The zero-order valence-electron chi connectivity index (χ0n) is 16.8. The molecule has 2 aromatic carbocycles. The molecule has 1 heterocycles. The molecular formula is C22H21N3O4S2. The molecule has 0 atom stereocenters. The highest BCUT2D eigenvalue weighted by molar-refractivity contribution is 7.92. The molecule has 0 saturated carbocycles. The van der Waals surface area contributed by atoms with E-state index in [1.807, 2.05) is 0 Å². The third-order valence-corrected chi connectivity index (χ3v) is 7.51. The number of amides is 1. The van der Waals surface area contributed by atoms with Crippen molar-refractivity contribution in [1.29, 1.82) is 0 Å². The largest absolute Gasteiger partial charge is 0.298 e. The second kappa shape index (κ2) is 8.60. The van der Waals surface area contributed by atoms with E-state index in [1.165, 1.54) is 59.5 Å². The van der Waals surface area contributed by atoms with Crippen molar-refractivity contribution < 1.29 is 18.0 Å². The van der Waals surface area contributed by atoms with Gasteiger partial charge in [-0.2, -0.15) is 0 Å². The number of rotatable bonds is 6. The van der Waals surface area contributed by atoms with Gasteiger partial charge >= 0.3 is 0 Å². The number of aromatic nitrogens is 1. The minimum atomic E-state index is -3.81. The lowest BCUT2D eigenvalue weighted by atomic mass is 10.0. The van der Waals surface area contributed by atoms with Gasteiger partial charge in [0.1, 0.15) is 0 Å². The Bertz CT molecular complexity index is 1210. The first-order valence-electron chi connectivity index (χ1n) is 9.86. The normalized spacial score (nSPS) is 13.3. The molecule has 1 aliphatic carbocycles. The molecule has 0 saturated heterocycles. The monoisotopic (exact) mass is 455 g/mol. The van der Waals surface area contributed by atoms with E-state index in [-0.39, 0.29) is 16.6 Å². The summed E-state index contributed by atoms with van der Waals surface area (Å²) in [7, 11) is -3.81. The molecule has 0 spiro atoms. The number of hydrogen-bond acceptors (Lipinski definition) is 6. The zero-order chi connectivity index (χ0) is 22.0. The average Bonchev–Trinajstić information content (AvgIpc) is 3.16. The van der Waals surface area contributed by atoms with Gasteiger partial charge in [0, 0.05) is 21.7 Å². The Balaban J connectivity index is 1.43. The highest BCUT2D eigenvalue weighted by atomic mass is 32.2. The number of fused-ring (bicyclic) bond motifs is 1. The van der Waals surface area contributed by atoms with Crippen LogP contribution < -0.4 is 10.0 Å². The summed E-state index contributed by atoms with van der Waals surface area (Å²) in [5, 5.41) is 3.42. The number of thiazole rings is 1. The van der Waals surface area contributed by atoms with Crippen molar-refractivity contribution in [2.45, 2.75) is 37.5 Å². The number of carbonyl (C=O) groups excluding carboxylic acids is 2. The number of carbonyl (C=O) groups is 2. The Morgan fingerprint density at radius 3 is 2.23 bits per heavy atom. The minimum Gasteiger partial charge on any atom is -0.298 e. The number of sulfonamides is 1. The van der Waals surface area contributed by atoms with E-state index >= 15 is 0 Å². The van der Waals surface area contributed by atoms with Gasteiger partial charge in [-0.05, 0) is 69.0 Å². The number of Topliss-reactive ketones (excluding diaryl/α,β-unsaturated/α-hetero) is 1. The number of nitrogens with one attached hydrogen (secondary N) is 2. The van der Waals surface area contributed by atoms with Gasteiger partial charge in [0.05, 0.1) is 10.6 Å². The molecule has 0 bridgehead atoms. The van der Waals surface area contributed by atoms with Crippen LogP contribution in [0.5, 0.6) is 0 Å². The Kier molecular flexibility index (Phi) is 5.88. The van der Waals surface area contributed by atoms with Crippen molar-refractivity contribution in [3.63, 3.8) is 0 Å². The maximum Gasteiger partial charge on any atom is 0.261 e. The first-order valence-corrected chi connectivity index (χ1v) is 12.2. The zero-order valence-corrected chi connectivity index (χ0v) is 18.5. The number of ketones is 1. The van der Waals surface area contributed by atoms with Gasteiger partial charge in [-0.15, -0.1) is 11.3 Å². The molecule has 7 nitrogen and oxygen atoms in total. The van der Waals surface area contributed by atoms with Crippen molar-refractivity contribution in [1.82, 2.24) is 4.98 Å². The first-order chi connectivity index (χ1) is 14.8. The smallest absolute Gasteiger partial charge is 0.261 e. The molecule has 160 valence electrons. The van der Waals surface area contributed by atoms with E-state index in [9.17, 15) is 18.0 Å². The van der Waals surface area contributed by atoms with Crippen molar-refractivity contribution in [3.8, 4) is 0 Å². The van der Waals surface area contributed by atoms with Crippen LogP contribution in [0.1, 0.15) is 51.1 Å².